The third kappa shape index (κ3) is 7.41. The number of hydrogen-bond acceptors (Lipinski definition) is 8. The Labute approximate surface area is 321 Å². The molecule has 284 valence electrons. The van der Waals surface area contributed by atoms with Gasteiger partial charge in [0.2, 0.25) is 5.75 Å². The maximum absolute atomic E-state index is 13.8. The number of hydrogen-bond donors (Lipinski definition) is 4. The fraction of sp³-hybridized carbons (Fsp3) is 0.326. The van der Waals surface area contributed by atoms with Crippen LogP contribution in [0.2, 0.25) is 0 Å². The number of piperazine rings is 1. The predicted octanol–water partition coefficient (Wildman–Crippen LogP) is 8.52. The van der Waals surface area contributed by atoms with Crippen LogP contribution < -0.4 is 25.1 Å². The number of nitrogens with zero attached hydrogens (tertiary/aromatic N) is 1. The minimum Gasteiger partial charge on any atom is -0.508 e. The highest BCUT2D eigenvalue weighted by atomic mass is 16.5. The van der Waals surface area contributed by atoms with Crippen LogP contribution in [0.15, 0.2) is 100 Å². The summed E-state index contributed by atoms with van der Waals surface area (Å²) >= 11 is 0. The summed E-state index contributed by atoms with van der Waals surface area (Å²) in [7, 11) is 1.47. The molecule has 2 fully saturated rings. The number of fused-ring (bicyclic) bond motifs is 1. The summed E-state index contributed by atoms with van der Waals surface area (Å²) in [6.45, 7) is 6.52. The van der Waals surface area contributed by atoms with Crippen molar-refractivity contribution in [1.82, 2.24) is 10.3 Å². The van der Waals surface area contributed by atoms with E-state index in [-0.39, 0.29) is 33.6 Å². The van der Waals surface area contributed by atoms with E-state index in [2.05, 4.69) is 52.5 Å². The zero-order valence-electron chi connectivity index (χ0n) is 31.6. The first-order chi connectivity index (χ1) is 26.8. The fourth-order valence-electron chi connectivity index (χ4n) is 8.36. The van der Waals surface area contributed by atoms with Crippen molar-refractivity contribution in [2.24, 2.45) is 0 Å². The molecule has 0 unspecified atom stereocenters. The molecule has 9 heteroatoms. The number of nitrogens with one attached hydrogen (secondary N) is 2. The molecule has 4 N–H and O–H groups in total. The van der Waals surface area contributed by atoms with Crippen LogP contribution in [0, 0.1) is 0 Å². The molecule has 0 amide bonds. The summed E-state index contributed by atoms with van der Waals surface area (Å²) < 4.78 is 18.8. The van der Waals surface area contributed by atoms with Crippen molar-refractivity contribution in [2.75, 3.05) is 44.8 Å². The van der Waals surface area contributed by atoms with Crippen LogP contribution in [0.5, 0.6) is 23.0 Å². The molecule has 1 aliphatic carbocycles. The number of phenols is 2. The molecule has 4 aromatic carbocycles. The monoisotopic (exact) mass is 739 g/mol. The molecular formula is C46H49N3O6. The van der Waals surface area contributed by atoms with Gasteiger partial charge < -0.3 is 39.3 Å². The van der Waals surface area contributed by atoms with Gasteiger partial charge in [-0.25, -0.2) is 0 Å². The van der Waals surface area contributed by atoms with E-state index in [1.165, 1.54) is 55.9 Å². The van der Waals surface area contributed by atoms with E-state index >= 15 is 0 Å². The zero-order chi connectivity index (χ0) is 37.9. The van der Waals surface area contributed by atoms with Gasteiger partial charge in [0.05, 0.1) is 13.7 Å². The minimum absolute atomic E-state index is 0.0412. The van der Waals surface area contributed by atoms with Crippen LogP contribution in [-0.4, -0.2) is 55.1 Å². The molecule has 3 heterocycles. The van der Waals surface area contributed by atoms with Crippen LogP contribution in [-0.2, 0) is 24.7 Å². The first kappa shape index (κ1) is 36.3. The highest BCUT2D eigenvalue weighted by Gasteiger charge is 2.34. The number of phenolic OH excluding ortho intramolecular Hbond substituents is 2. The van der Waals surface area contributed by atoms with Crippen molar-refractivity contribution in [3.63, 3.8) is 0 Å². The van der Waals surface area contributed by atoms with Crippen LogP contribution in [0.25, 0.3) is 33.4 Å². The largest absolute Gasteiger partial charge is 0.508 e. The first-order valence-corrected chi connectivity index (χ1v) is 19.5. The second-order valence-corrected chi connectivity index (χ2v) is 15.1. The smallest absolute Gasteiger partial charge is 0.204 e. The quantitative estimate of drug-likeness (QED) is 0.0987. The highest BCUT2D eigenvalue weighted by Crippen LogP contribution is 2.47. The highest BCUT2D eigenvalue weighted by molar-refractivity contribution is 5.93. The number of aromatic nitrogens is 1. The molecule has 0 bridgehead atoms. The number of aromatic hydroxyl groups is 2. The number of aryl methyl sites for hydroxylation is 2. The number of rotatable bonds is 12. The summed E-state index contributed by atoms with van der Waals surface area (Å²) in [5, 5.41) is 25.0. The number of aromatic amines is 1. The SMILES string of the molecule is COc1c(OCCc2ccccc2)c(CCc2cccc(-c3cc(C4(C)CCCC4)[nH]c3N3CCNCC3)c2)c2oc(-c3ccc(O)cc3)cc(=O)c2c1O. The van der Waals surface area contributed by atoms with Gasteiger partial charge in [0, 0.05) is 66.5 Å². The van der Waals surface area contributed by atoms with E-state index in [0.29, 0.717) is 48.5 Å². The standard InChI is InChI=1S/C46H49N3O6/c1-46(20-6-7-21-46)39-28-36(45(48-39)49-24-22-47-23-25-49)33-12-8-11-31(27-33)13-18-35-42-40(37(51)29-38(55-42)32-14-16-34(50)17-15-32)41(52)44(53-2)43(35)54-26-19-30-9-4-3-5-10-30/h3-5,8-12,14-17,27-29,47-48,50,52H,6-7,13,18-26H2,1-2H3. The first-order valence-electron chi connectivity index (χ1n) is 19.5. The van der Waals surface area contributed by atoms with Crippen LogP contribution >= 0.6 is 0 Å². The summed E-state index contributed by atoms with van der Waals surface area (Å²) in [6.07, 6.45) is 6.59. The Bertz CT molecular complexity index is 2330. The van der Waals surface area contributed by atoms with Gasteiger partial charge in [-0.05, 0) is 72.7 Å². The van der Waals surface area contributed by atoms with Gasteiger partial charge in [0.15, 0.2) is 16.9 Å². The van der Waals surface area contributed by atoms with E-state index in [1.54, 1.807) is 24.3 Å². The second kappa shape index (κ2) is 15.6. The Morgan fingerprint density at radius 3 is 2.31 bits per heavy atom. The molecule has 6 aromatic rings. The van der Waals surface area contributed by atoms with Crippen molar-refractivity contribution in [1.29, 1.82) is 0 Å². The van der Waals surface area contributed by atoms with Gasteiger partial charge in [-0.2, -0.15) is 0 Å². The van der Waals surface area contributed by atoms with E-state index in [1.807, 2.05) is 30.3 Å². The summed E-state index contributed by atoms with van der Waals surface area (Å²) in [5.74, 6) is 1.76. The normalized spacial score (nSPS) is 15.4. The lowest BCUT2D eigenvalue weighted by molar-refractivity contribution is 0.287. The Kier molecular flexibility index (Phi) is 10.3. The molecule has 2 aliphatic rings. The maximum Gasteiger partial charge on any atom is 0.204 e. The molecule has 55 heavy (non-hydrogen) atoms. The Balaban J connectivity index is 1.19. The van der Waals surface area contributed by atoms with Crippen molar-refractivity contribution >= 4 is 16.8 Å². The molecule has 8 rings (SSSR count). The van der Waals surface area contributed by atoms with E-state index < -0.39 is 5.43 Å². The number of H-pyrrole nitrogens is 1. The lowest BCUT2D eigenvalue weighted by Crippen LogP contribution is -2.43. The summed E-state index contributed by atoms with van der Waals surface area (Å²) in [4.78, 5) is 20.1. The number of methoxy groups -OCH3 is 1. The topological polar surface area (TPSA) is 120 Å². The molecule has 0 spiro atoms. The molecule has 9 nitrogen and oxygen atoms in total. The van der Waals surface area contributed by atoms with E-state index in [4.69, 9.17) is 13.9 Å². The third-order valence-corrected chi connectivity index (χ3v) is 11.5. The van der Waals surface area contributed by atoms with Gasteiger partial charge in [0.1, 0.15) is 28.3 Å². The molecule has 2 aromatic heterocycles. The predicted molar refractivity (Wildman–Crippen MR) is 218 cm³/mol. The minimum atomic E-state index is -0.404. The Hall–Kier alpha value is -5.67. The van der Waals surface area contributed by atoms with Gasteiger partial charge in [0.25, 0.3) is 0 Å². The number of benzene rings is 4. The Morgan fingerprint density at radius 1 is 0.818 bits per heavy atom. The molecule has 1 saturated heterocycles. The maximum atomic E-state index is 13.8. The van der Waals surface area contributed by atoms with Gasteiger partial charge in [-0.3, -0.25) is 4.79 Å². The van der Waals surface area contributed by atoms with Gasteiger partial charge >= 0.3 is 0 Å². The lowest BCUT2D eigenvalue weighted by Gasteiger charge is -2.30. The fourth-order valence-corrected chi connectivity index (χ4v) is 8.36. The third-order valence-electron chi connectivity index (χ3n) is 11.5. The zero-order valence-corrected chi connectivity index (χ0v) is 31.6. The van der Waals surface area contributed by atoms with Crippen LogP contribution in [0.4, 0.5) is 5.82 Å². The summed E-state index contributed by atoms with van der Waals surface area (Å²) in [5.41, 5.74) is 7.18. The summed E-state index contributed by atoms with van der Waals surface area (Å²) in [6, 6.07) is 29.0. The van der Waals surface area contributed by atoms with E-state index in [0.717, 1.165) is 42.9 Å². The Morgan fingerprint density at radius 2 is 1.56 bits per heavy atom. The molecule has 1 aliphatic heterocycles. The van der Waals surface area contributed by atoms with Crippen molar-refractivity contribution in [2.45, 2.75) is 57.3 Å². The van der Waals surface area contributed by atoms with Crippen molar-refractivity contribution < 1.29 is 24.1 Å². The van der Waals surface area contributed by atoms with Gasteiger partial charge in [-0.15, -0.1) is 0 Å². The van der Waals surface area contributed by atoms with Crippen molar-refractivity contribution in [3.8, 4) is 45.4 Å². The number of anilines is 1. The molecule has 1 saturated carbocycles. The average molecular weight is 740 g/mol. The van der Waals surface area contributed by atoms with Gasteiger partial charge in [-0.1, -0.05) is 74.4 Å². The molecule has 0 radical (unpaired) electrons. The van der Waals surface area contributed by atoms with E-state index in [9.17, 15) is 15.0 Å². The van der Waals surface area contributed by atoms with Crippen molar-refractivity contribution in [3.05, 3.63) is 124 Å². The molecular weight excluding hydrogens is 691 g/mol. The lowest BCUT2D eigenvalue weighted by atomic mass is 9.85. The average Bonchev–Trinajstić information content (AvgIpc) is 3.87. The second-order valence-electron chi connectivity index (χ2n) is 15.1. The number of ether oxygens (including phenoxy) is 2. The molecule has 0 atom stereocenters. The van der Waals surface area contributed by atoms with Crippen LogP contribution in [0.3, 0.4) is 0 Å². The van der Waals surface area contributed by atoms with Crippen LogP contribution in [0.1, 0.15) is 55.0 Å².